The summed E-state index contributed by atoms with van der Waals surface area (Å²) >= 11 is 0. The van der Waals surface area contributed by atoms with Crippen molar-refractivity contribution >= 4 is 5.91 Å². The van der Waals surface area contributed by atoms with Crippen molar-refractivity contribution < 1.29 is 4.79 Å². The van der Waals surface area contributed by atoms with Gasteiger partial charge in [-0.05, 0) is 39.0 Å². The number of carbonyl (C=O) groups excluding carboxylic acids is 1. The van der Waals surface area contributed by atoms with Gasteiger partial charge in [0.1, 0.15) is 0 Å². The van der Waals surface area contributed by atoms with Gasteiger partial charge >= 0.3 is 0 Å². The van der Waals surface area contributed by atoms with Gasteiger partial charge in [0.15, 0.2) is 0 Å². The van der Waals surface area contributed by atoms with E-state index >= 15 is 0 Å². The van der Waals surface area contributed by atoms with Crippen LogP contribution >= 0.6 is 0 Å². The molecule has 1 aliphatic rings. The standard InChI is InChI=1S/C11H22N2O/c1-10(2,3)13-9(14)7-12-8-11(4)5-6-11/h12H,5-8H2,1-4H3,(H,13,14). The number of amides is 1. The van der Waals surface area contributed by atoms with Crippen molar-refractivity contribution in [3.8, 4) is 0 Å². The first-order chi connectivity index (χ1) is 6.31. The Morgan fingerprint density at radius 1 is 1.36 bits per heavy atom. The van der Waals surface area contributed by atoms with Gasteiger partial charge < -0.3 is 10.6 Å². The van der Waals surface area contributed by atoms with E-state index in [4.69, 9.17) is 0 Å². The van der Waals surface area contributed by atoms with Gasteiger partial charge in [-0.25, -0.2) is 0 Å². The highest BCUT2D eigenvalue weighted by Crippen LogP contribution is 2.43. The molecular weight excluding hydrogens is 176 g/mol. The van der Waals surface area contributed by atoms with Crippen molar-refractivity contribution in [2.24, 2.45) is 5.41 Å². The molecule has 1 aliphatic carbocycles. The summed E-state index contributed by atoms with van der Waals surface area (Å²) in [5.74, 6) is 0.0850. The molecule has 14 heavy (non-hydrogen) atoms. The monoisotopic (exact) mass is 198 g/mol. The second-order valence-electron chi connectivity index (χ2n) is 5.71. The quantitative estimate of drug-likeness (QED) is 0.714. The Bertz CT molecular complexity index is 214. The van der Waals surface area contributed by atoms with Crippen molar-refractivity contribution in [1.82, 2.24) is 10.6 Å². The first kappa shape index (κ1) is 11.5. The van der Waals surface area contributed by atoms with Crippen LogP contribution in [0.2, 0.25) is 0 Å². The third kappa shape index (κ3) is 4.61. The van der Waals surface area contributed by atoms with Crippen LogP contribution in [0.15, 0.2) is 0 Å². The molecular formula is C11H22N2O. The third-order valence-corrected chi connectivity index (χ3v) is 2.46. The molecule has 0 aromatic rings. The van der Waals surface area contributed by atoms with E-state index in [2.05, 4.69) is 17.6 Å². The van der Waals surface area contributed by atoms with Gasteiger partial charge in [-0.1, -0.05) is 6.92 Å². The lowest BCUT2D eigenvalue weighted by Crippen LogP contribution is -2.45. The number of nitrogens with one attached hydrogen (secondary N) is 2. The van der Waals surface area contributed by atoms with Crippen molar-refractivity contribution in [1.29, 1.82) is 0 Å². The zero-order chi connectivity index (χ0) is 10.8. The van der Waals surface area contributed by atoms with E-state index in [1.54, 1.807) is 0 Å². The summed E-state index contributed by atoms with van der Waals surface area (Å²) in [5, 5.41) is 6.12. The molecule has 0 saturated heterocycles. The Kier molecular flexibility index (Phi) is 3.20. The molecule has 1 saturated carbocycles. The average Bonchev–Trinajstić information content (AvgIpc) is 2.64. The molecule has 1 rings (SSSR count). The van der Waals surface area contributed by atoms with E-state index < -0.39 is 0 Å². The Morgan fingerprint density at radius 2 is 1.93 bits per heavy atom. The Labute approximate surface area is 86.6 Å². The summed E-state index contributed by atoms with van der Waals surface area (Å²) in [6.45, 7) is 9.63. The lowest BCUT2D eigenvalue weighted by Gasteiger charge is -2.21. The minimum atomic E-state index is -0.123. The molecule has 1 amide bonds. The van der Waals surface area contributed by atoms with Crippen LogP contribution in [0.5, 0.6) is 0 Å². The van der Waals surface area contributed by atoms with Gasteiger partial charge in [0.25, 0.3) is 0 Å². The highest BCUT2D eigenvalue weighted by molar-refractivity contribution is 5.78. The van der Waals surface area contributed by atoms with Crippen LogP contribution in [0.4, 0.5) is 0 Å². The van der Waals surface area contributed by atoms with E-state index in [1.165, 1.54) is 12.8 Å². The number of hydrogen-bond donors (Lipinski definition) is 2. The van der Waals surface area contributed by atoms with Crippen LogP contribution in [-0.4, -0.2) is 24.5 Å². The molecule has 0 aromatic carbocycles. The number of carbonyl (C=O) groups is 1. The summed E-state index contributed by atoms with van der Waals surface area (Å²) in [4.78, 5) is 11.4. The number of hydrogen-bond acceptors (Lipinski definition) is 2. The summed E-state index contributed by atoms with van der Waals surface area (Å²) in [5.41, 5.74) is 0.351. The van der Waals surface area contributed by atoms with Crippen LogP contribution in [0.3, 0.4) is 0 Å². The molecule has 0 aromatic heterocycles. The maximum atomic E-state index is 11.4. The van der Waals surface area contributed by atoms with Crippen LogP contribution in [0, 0.1) is 5.41 Å². The van der Waals surface area contributed by atoms with Crippen LogP contribution < -0.4 is 10.6 Å². The first-order valence-electron chi connectivity index (χ1n) is 5.33. The minimum absolute atomic E-state index is 0.0850. The molecule has 1 fully saturated rings. The highest BCUT2D eigenvalue weighted by Gasteiger charge is 2.36. The summed E-state index contributed by atoms with van der Waals surface area (Å²) < 4.78 is 0. The lowest BCUT2D eigenvalue weighted by atomic mass is 10.1. The fourth-order valence-corrected chi connectivity index (χ4v) is 1.33. The second kappa shape index (κ2) is 3.89. The summed E-state index contributed by atoms with van der Waals surface area (Å²) in [6, 6.07) is 0. The Morgan fingerprint density at radius 3 is 2.36 bits per heavy atom. The van der Waals surface area contributed by atoms with E-state index in [0.29, 0.717) is 12.0 Å². The molecule has 0 bridgehead atoms. The molecule has 0 aliphatic heterocycles. The SMILES string of the molecule is CC1(CNCC(=O)NC(C)(C)C)CC1. The third-order valence-electron chi connectivity index (χ3n) is 2.46. The van der Waals surface area contributed by atoms with Crippen LogP contribution in [-0.2, 0) is 4.79 Å². The smallest absolute Gasteiger partial charge is 0.234 e. The van der Waals surface area contributed by atoms with E-state index in [-0.39, 0.29) is 11.4 Å². The largest absolute Gasteiger partial charge is 0.350 e. The van der Waals surface area contributed by atoms with Crippen molar-refractivity contribution in [2.45, 2.75) is 46.1 Å². The first-order valence-corrected chi connectivity index (χ1v) is 5.33. The molecule has 0 unspecified atom stereocenters. The van der Waals surface area contributed by atoms with Crippen LogP contribution in [0.1, 0.15) is 40.5 Å². The van der Waals surface area contributed by atoms with Crippen molar-refractivity contribution in [3.63, 3.8) is 0 Å². The molecule has 0 radical (unpaired) electrons. The normalized spacial score (nSPS) is 19.1. The van der Waals surface area contributed by atoms with Gasteiger partial charge in [-0.15, -0.1) is 0 Å². The van der Waals surface area contributed by atoms with Gasteiger partial charge in [0, 0.05) is 12.1 Å². The van der Waals surface area contributed by atoms with Gasteiger partial charge in [0.05, 0.1) is 6.54 Å². The Balaban J connectivity index is 2.09. The van der Waals surface area contributed by atoms with Crippen molar-refractivity contribution in [2.75, 3.05) is 13.1 Å². The molecule has 3 heteroatoms. The molecule has 0 atom stereocenters. The van der Waals surface area contributed by atoms with E-state index in [0.717, 1.165) is 6.54 Å². The summed E-state index contributed by atoms with van der Waals surface area (Å²) in [6.07, 6.45) is 2.59. The second-order valence-corrected chi connectivity index (χ2v) is 5.71. The Hall–Kier alpha value is -0.570. The maximum Gasteiger partial charge on any atom is 0.234 e. The maximum absolute atomic E-state index is 11.4. The van der Waals surface area contributed by atoms with Gasteiger partial charge in [-0.3, -0.25) is 4.79 Å². The van der Waals surface area contributed by atoms with Crippen molar-refractivity contribution in [3.05, 3.63) is 0 Å². The predicted molar refractivity (Wildman–Crippen MR) is 58.1 cm³/mol. The highest BCUT2D eigenvalue weighted by atomic mass is 16.2. The fourth-order valence-electron chi connectivity index (χ4n) is 1.33. The summed E-state index contributed by atoms with van der Waals surface area (Å²) in [7, 11) is 0. The predicted octanol–water partition coefficient (Wildman–Crippen LogP) is 1.29. The molecule has 2 N–H and O–H groups in total. The number of rotatable bonds is 4. The zero-order valence-corrected chi connectivity index (χ0v) is 9.74. The molecule has 0 spiro atoms. The lowest BCUT2D eigenvalue weighted by molar-refractivity contribution is -0.121. The van der Waals surface area contributed by atoms with Crippen LogP contribution in [0.25, 0.3) is 0 Å². The average molecular weight is 198 g/mol. The fraction of sp³-hybridized carbons (Fsp3) is 0.909. The van der Waals surface area contributed by atoms with E-state index in [1.807, 2.05) is 20.8 Å². The minimum Gasteiger partial charge on any atom is -0.350 e. The van der Waals surface area contributed by atoms with Gasteiger partial charge in [-0.2, -0.15) is 0 Å². The topological polar surface area (TPSA) is 41.1 Å². The molecule has 82 valence electrons. The van der Waals surface area contributed by atoms with Gasteiger partial charge in [0.2, 0.25) is 5.91 Å². The van der Waals surface area contributed by atoms with E-state index in [9.17, 15) is 4.79 Å². The zero-order valence-electron chi connectivity index (χ0n) is 9.74. The molecule has 3 nitrogen and oxygen atoms in total. The molecule has 0 heterocycles.